The van der Waals surface area contributed by atoms with Crippen LogP contribution in [0.1, 0.15) is 47.0 Å². The normalized spacial score (nSPS) is 16.2. The minimum Gasteiger partial charge on any atom is -0.396 e. The van der Waals surface area contributed by atoms with E-state index < -0.39 is 0 Å². The van der Waals surface area contributed by atoms with E-state index in [1.54, 1.807) is 0 Å². The molecule has 0 radical (unpaired) electrons. The van der Waals surface area contributed by atoms with Crippen LogP contribution in [0, 0.1) is 5.92 Å². The van der Waals surface area contributed by atoms with Gasteiger partial charge in [-0.3, -0.25) is 0 Å². The summed E-state index contributed by atoms with van der Waals surface area (Å²) in [5, 5.41) is 12.4. The molecule has 0 rings (SSSR count). The molecule has 0 aliphatic carbocycles. The van der Waals surface area contributed by atoms with Gasteiger partial charge in [0.1, 0.15) is 0 Å². The van der Waals surface area contributed by atoms with Crippen molar-refractivity contribution in [2.24, 2.45) is 5.92 Å². The maximum absolute atomic E-state index is 8.95. The van der Waals surface area contributed by atoms with Crippen LogP contribution in [-0.4, -0.2) is 23.8 Å². The second kappa shape index (κ2) is 6.39. The van der Waals surface area contributed by atoms with Crippen molar-refractivity contribution < 1.29 is 5.11 Å². The molecule has 0 bridgehead atoms. The standard InChI is InChI=1S/C11H25NO/c1-5-12-11(4,8-9-13)7-6-10(2)3/h10,12-13H,5-9H2,1-4H3. The third kappa shape index (κ3) is 6.05. The van der Waals surface area contributed by atoms with Gasteiger partial charge in [-0.15, -0.1) is 0 Å². The molecular weight excluding hydrogens is 162 g/mol. The monoisotopic (exact) mass is 187 g/mol. The van der Waals surface area contributed by atoms with E-state index in [2.05, 4.69) is 33.0 Å². The van der Waals surface area contributed by atoms with Crippen LogP contribution in [-0.2, 0) is 0 Å². The number of nitrogens with one attached hydrogen (secondary N) is 1. The molecular formula is C11H25NO. The molecule has 0 aromatic carbocycles. The Bertz CT molecular complexity index is 117. The van der Waals surface area contributed by atoms with Gasteiger partial charge < -0.3 is 10.4 Å². The summed E-state index contributed by atoms with van der Waals surface area (Å²) in [5.74, 6) is 0.747. The summed E-state index contributed by atoms with van der Waals surface area (Å²) < 4.78 is 0. The van der Waals surface area contributed by atoms with Crippen molar-refractivity contribution in [2.45, 2.75) is 52.5 Å². The van der Waals surface area contributed by atoms with Crippen molar-refractivity contribution in [3.8, 4) is 0 Å². The second-order valence-electron chi connectivity index (χ2n) is 4.50. The Labute approximate surface area is 82.7 Å². The quantitative estimate of drug-likeness (QED) is 0.640. The van der Waals surface area contributed by atoms with E-state index in [0.717, 1.165) is 25.3 Å². The lowest BCUT2D eigenvalue weighted by atomic mass is 9.89. The molecule has 2 heteroatoms. The zero-order valence-electron chi connectivity index (χ0n) is 9.56. The van der Waals surface area contributed by atoms with Gasteiger partial charge in [0.25, 0.3) is 0 Å². The highest BCUT2D eigenvalue weighted by atomic mass is 16.3. The highest BCUT2D eigenvalue weighted by molar-refractivity contribution is 4.82. The summed E-state index contributed by atoms with van der Waals surface area (Å²) in [4.78, 5) is 0. The average Bonchev–Trinajstić information content (AvgIpc) is 2.02. The van der Waals surface area contributed by atoms with Crippen molar-refractivity contribution in [3.05, 3.63) is 0 Å². The first kappa shape index (κ1) is 12.9. The highest BCUT2D eigenvalue weighted by Crippen LogP contribution is 2.19. The van der Waals surface area contributed by atoms with Gasteiger partial charge in [-0.05, 0) is 38.6 Å². The zero-order valence-corrected chi connectivity index (χ0v) is 9.56. The molecule has 0 saturated carbocycles. The SMILES string of the molecule is CCNC(C)(CCO)CCC(C)C. The molecule has 0 aromatic rings. The Balaban J connectivity index is 3.91. The average molecular weight is 187 g/mol. The van der Waals surface area contributed by atoms with Gasteiger partial charge in [0.15, 0.2) is 0 Å². The van der Waals surface area contributed by atoms with E-state index >= 15 is 0 Å². The third-order valence-electron chi connectivity index (χ3n) is 2.54. The molecule has 2 N–H and O–H groups in total. The van der Waals surface area contributed by atoms with E-state index in [0.29, 0.717) is 0 Å². The molecule has 0 aliphatic heterocycles. The summed E-state index contributed by atoms with van der Waals surface area (Å²) >= 11 is 0. The second-order valence-corrected chi connectivity index (χ2v) is 4.50. The van der Waals surface area contributed by atoms with Crippen LogP contribution in [0.25, 0.3) is 0 Å². The minimum absolute atomic E-state index is 0.133. The largest absolute Gasteiger partial charge is 0.396 e. The first-order chi connectivity index (χ1) is 6.04. The molecule has 13 heavy (non-hydrogen) atoms. The summed E-state index contributed by atoms with van der Waals surface area (Å²) in [6.45, 7) is 10.1. The fourth-order valence-electron chi connectivity index (χ4n) is 1.58. The first-order valence-electron chi connectivity index (χ1n) is 5.40. The maximum Gasteiger partial charge on any atom is 0.0448 e. The summed E-state index contributed by atoms with van der Waals surface area (Å²) in [6.07, 6.45) is 3.23. The molecule has 2 nitrogen and oxygen atoms in total. The van der Waals surface area contributed by atoms with Gasteiger partial charge in [0, 0.05) is 12.1 Å². The predicted molar refractivity (Wildman–Crippen MR) is 57.9 cm³/mol. The molecule has 1 atom stereocenters. The molecule has 0 aliphatic rings. The number of aliphatic hydroxyl groups is 1. The van der Waals surface area contributed by atoms with Crippen LogP contribution in [0.15, 0.2) is 0 Å². The first-order valence-corrected chi connectivity index (χ1v) is 5.40. The van der Waals surface area contributed by atoms with Crippen LogP contribution in [0.4, 0.5) is 0 Å². The van der Waals surface area contributed by atoms with Crippen LogP contribution in [0.5, 0.6) is 0 Å². The Morgan fingerprint density at radius 1 is 1.31 bits per heavy atom. The molecule has 0 saturated heterocycles. The molecule has 0 heterocycles. The molecule has 0 fully saturated rings. The van der Waals surface area contributed by atoms with E-state index in [1.165, 1.54) is 6.42 Å². The van der Waals surface area contributed by atoms with Gasteiger partial charge in [-0.2, -0.15) is 0 Å². The van der Waals surface area contributed by atoms with Gasteiger partial charge in [-0.1, -0.05) is 20.8 Å². The van der Waals surface area contributed by atoms with Crippen LogP contribution in [0.2, 0.25) is 0 Å². The number of hydrogen-bond donors (Lipinski definition) is 2. The van der Waals surface area contributed by atoms with Gasteiger partial charge >= 0.3 is 0 Å². The zero-order chi connectivity index (χ0) is 10.3. The molecule has 1 unspecified atom stereocenters. The number of hydrogen-bond acceptors (Lipinski definition) is 2. The fourth-order valence-corrected chi connectivity index (χ4v) is 1.58. The molecule has 0 aromatic heterocycles. The predicted octanol–water partition coefficient (Wildman–Crippen LogP) is 2.17. The smallest absolute Gasteiger partial charge is 0.0448 e. The Morgan fingerprint density at radius 2 is 1.92 bits per heavy atom. The molecule has 80 valence electrons. The molecule has 0 spiro atoms. The van der Waals surface area contributed by atoms with Crippen molar-refractivity contribution in [3.63, 3.8) is 0 Å². The van der Waals surface area contributed by atoms with E-state index in [9.17, 15) is 0 Å². The van der Waals surface area contributed by atoms with Gasteiger partial charge in [0.05, 0.1) is 0 Å². The van der Waals surface area contributed by atoms with Crippen molar-refractivity contribution in [2.75, 3.05) is 13.2 Å². The van der Waals surface area contributed by atoms with Crippen molar-refractivity contribution in [1.29, 1.82) is 0 Å². The lowest BCUT2D eigenvalue weighted by molar-refractivity contribution is 0.207. The fraction of sp³-hybridized carbons (Fsp3) is 1.00. The van der Waals surface area contributed by atoms with E-state index in [4.69, 9.17) is 5.11 Å². The van der Waals surface area contributed by atoms with Crippen LogP contribution in [0.3, 0.4) is 0 Å². The summed E-state index contributed by atoms with van der Waals surface area (Å²) in [5.41, 5.74) is 0.133. The Morgan fingerprint density at radius 3 is 2.31 bits per heavy atom. The van der Waals surface area contributed by atoms with Gasteiger partial charge in [0.2, 0.25) is 0 Å². The Kier molecular flexibility index (Phi) is 6.35. The molecule has 0 amide bonds. The van der Waals surface area contributed by atoms with Crippen molar-refractivity contribution in [1.82, 2.24) is 5.32 Å². The topological polar surface area (TPSA) is 32.3 Å². The third-order valence-corrected chi connectivity index (χ3v) is 2.54. The lowest BCUT2D eigenvalue weighted by Crippen LogP contribution is -2.43. The maximum atomic E-state index is 8.95. The summed E-state index contributed by atoms with van der Waals surface area (Å²) in [7, 11) is 0. The van der Waals surface area contributed by atoms with E-state index in [1.807, 2.05) is 0 Å². The van der Waals surface area contributed by atoms with E-state index in [-0.39, 0.29) is 12.1 Å². The Hall–Kier alpha value is -0.0800. The lowest BCUT2D eigenvalue weighted by Gasteiger charge is -2.30. The van der Waals surface area contributed by atoms with Crippen LogP contribution < -0.4 is 5.32 Å². The summed E-state index contributed by atoms with van der Waals surface area (Å²) in [6, 6.07) is 0. The highest BCUT2D eigenvalue weighted by Gasteiger charge is 2.21. The van der Waals surface area contributed by atoms with Crippen molar-refractivity contribution >= 4 is 0 Å². The number of aliphatic hydroxyl groups excluding tert-OH is 1. The minimum atomic E-state index is 0.133. The van der Waals surface area contributed by atoms with Crippen LogP contribution >= 0.6 is 0 Å². The number of rotatable bonds is 7. The van der Waals surface area contributed by atoms with Gasteiger partial charge in [-0.25, -0.2) is 0 Å².